The first kappa shape index (κ1) is 18.3. The fraction of sp³-hybridized carbons (Fsp3) is 0.500. The lowest BCUT2D eigenvalue weighted by Crippen LogP contribution is -2.30. The Morgan fingerprint density at radius 1 is 1.38 bits per heavy atom. The predicted octanol–water partition coefficient (Wildman–Crippen LogP) is 2.75. The minimum atomic E-state index is -4.71. The zero-order valence-corrected chi connectivity index (χ0v) is 14.4. The van der Waals surface area contributed by atoms with E-state index < -0.39 is 22.8 Å². The van der Waals surface area contributed by atoms with Crippen molar-refractivity contribution in [3.63, 3.8) is 0 Å². The van der Waals surface area contributed by atoms with Crippen LogP contribution in [0.3, 0.4) is 0 Å². The van der Waals surface area contributed by atoms with Gasteiger partial charge in [0.1, 0.15) is 10.7 Å². The van der Waals surface area contributed by atoms with Crippen LogP contribution in [-0.2, 0) is 19.6 Å². The van der Waals surface area contributed by atoms with Gasteiger partial charge in [0, 0.05) is 26.3 Å². The lowest BCUT2D eigenvalue weighted by Gasteiger charge is -2.17. The molecular weight excluding hydrogens is 347 g/mol. The number of hydrogen-bond donors (Lipinski definition) is 1. The summed E-state index contributed by atoms with van der Waals surface area (Å²) in [6, 6.07) is 0. The van der Waals surface area contributed by atoms with Gasteiger partial charge in [0.05, 0.1) is 5.69 Å². The van der Waals surface area contributed by atoms with Gasteiger partial charge in [0.2, 0.25) is 0 Å². The molecule has 0 unspecified atom stereocenters. The molecule has 0 saturated heterocycles. The van der Waals surface area contributed by atoms with Crippen molar-refractivity contribution in [3.8, 4) is 0 Å². The maximum absolute atomic E-state index is 12.8. The SMILES string of the molecule is Cc1n[nH]c(C)c1CCN(C)C(=O)c1c(Cl)c(C(F)(F)F)nn1C. The largest absolute Gasteiger partial charge is 0.436 e. The Labute approximate surface area is 141 Å². The number of nitrogens with one attached hydrogen (secondary N) is 1. The molecule has 2 heterocycles. The summed E-state index contributed by atoms with van der Waals surface area (Å²) in [6.07, 6.45) is -4.19. The van der Waals surface area contributed by atoms with E-state index >= 15 is 0 Å². The predicted molar refractivity (Wildman–Crippen MR) is 81.9 cm³/mol. The van der Waals surface area contributed by atoms with Gasteiger partial charge in [-0.25, -0.2) is 0 Å². The molecule has 10 heteroatoms. The number of likely N-dealkylation sites (N-methyl/N-ethyl adjacent to an activating group) is 1. The molecule has 0 aliphatic heterocycles. The third-order valence-electron chi connectivity index (χ3n) is 3.79. The molecule has 2 aromatic rings. The molecule has 6 nitrogen and oxygen atoms in total. The number of carbonyl (C=O) groups is 1. The van der Waals surface area contributed by atoms with Crippen LogP contribution in [0.15, 0.2) is 0 Å². The number of aromatic amines is 1. The fourth-order valence-corrected chi connectivity index (χ4v) is 2.76. The van der Waals surface area contributed by atoms with Gasteiger partial charge in [-0.2, -0.15) is 23.4 Å². The Morgan fingerprint density at radius 3 is 2.46 bits per heavy atom. The number of hydrogen-bond acceptors (Lipinski definition) is 3. The number of carbonyl (C=O) groups excluding carboxylic acids is 1. The Kier molecular flexibility index (Phi) is 4.93. The van der Waals surface area contributed by atoms with Crippen LogP contribution in [0.4, 0.5) is 13.2 Å². The summed E-state index contributed by atoms with van der Waals surface area (Å²) < 4.78 is 39.4. The normalized spacial score (nSPS) is 11.8. The molecule has 2 rings (SSSR count). The first-order valence-electron chi connectivity index (χ1n) is 7.09. The lowest BCUT2D eigenvalue weighted by molar-refractivity contribution is -0.141. The van der Waals surface area contributed by atoms with Gasteiger partial charge in [0.15, 0.2) is 5.69 Å². The Hall–Kier alpha value is -2.03. The molecule has 0 atom stereocenters. The third-order valence-corrected chi connectivity index (χ3v) is 4.14. The smallest absolute Gasteiger partial charge is 0.340 e. The average Bonchev–Trinajstić information content (AvgIpc) is 2.95. The summed E-state index contributed by atoms with van der Waals surface area (Å²) in [7, 11) is 2.76. The number of alkyl halides is 3. The summed E-state index contributed by atoms with van der Waals surface area (Å²) >= 11 is 5.74. The molecule has 0 aliphatic rings. The molecule has 2 aromatic heterocycles. The Bertz CT molecular complexity index is 746. The molecule has 132 valence electrons. The minimum Gasteiger partial charge on any atom is -0.340 e. The first-order chi connectivity index (χ1) is 11.0. The van der Waals surface area contributed by atoms with E-state index in [0.29, 0.717) is 13.0 Å². The maximum Gasteiger partial charge on any atom is 0.436 e. The number of H-pyrrole nitrogens is 1. The topological polar surface area (TPSA) is 66.8 Å². The molecule has 0 aromatic carbocycles. The molecule has 0 saturated carbocycles. The van der Waals surface area contributed by atoms with E-state index in [0.717, 1.165) is 21.6 Å². The molecule has 1 N–H and O–H groups in total. The van der Waals surface area contributed by atoms with Gasteiger partial charge >= 0.3 is 6.18 Å². The van der Waals surface area contributed by atoms with Crippen molar-refractivity contribution < 1.29 is 18.0 Å². The highest BCUT2D eigenvalue weighted by atomic mass is 35.5. The van der Waals surface area contributed by atoms with Crippen molar-refractivity contribution in [2.75, 3.05) is 13.6 Å². The van der Waals surface area contributed by atoms with Crippen LogP contribution < -0.4 is 0 Å². The molecule has 0 radical (unpaired) electrons. The number of nitrogens with zero attached hydrogens (tertiary/aromatic N) is 4. The molecule has 24 heavy (non-hydrogen) atoms. The van der Waals surface area contributed by atoms with Crippen LogP contribution in [0.5, 0.6) is 0 Å². The number of rotatable bonds is 4. The van der Waals surface area contributed by atoms with Crippen molar-refractivity contribution >= 4 is 17.5 Å². The van der Waals surface area contributed by atoms with Gasteiger partial charge in [-0.1, -0.05) is 11.6 Å². The number of aromatic nitrogens is 4. The van der Waals surface area contributed by atoms with Crippen LogP contribution in [0.1, 0.15) is 33.1 Å². The minimum absolute atomic E-state index is 0.285. The van der Waals surface area contributed by atoms with E-state index in [1.807, 2.05) is 13.8 Å². The molecular formula is C14H17ClF3N5O. The van der Waals surface area contributed by atoms with Gasteiger partial charge in [0.25, 0.3) is 5.91 Å². The second-order valence-electron chi connectivity index (χ2n) is 5.52. The number of aryl methyl sites for hydroxylation is 3. The standard InChI is InChI=1S/C14H17ClF3N5O/c1-7-9(8(2)20-19-7)5-6-22(3)13(24)11-10(15)12(14(16,17)18)21-23(11)4/h5-6H2,1-4H3,(H,19,20). The van der Waals surface area contributed by atoms with E-state index in [2.05, 4.69) is 15.3 Å². The third kappa shape index (κ3) is 3.40. The van der Waals surface area contributed by atoms with Crippen molar-refractivity contribution in [1.29, 1.82) is 0 Å². The van der Waals surface area contributed by atoms with Crippen molar-refractivity contribution in [1.82, 2.24) is 24.9 Å². The monoisotopic (exact) mass is 363 g/mol. The number of halogens is 4. The van der Waals surface area contributed by atoms with E-state index in [4.69, 9.17) is 11.6 Å². The Morgan fingerprint density at radius 2 is 2.00 bits per heavy atom. The first-order valence-corrected chi connectivity index (χ1v) is 7.47. The second kappa shape index (κ2) is 6.46. The van der Waals surface area contributed by atoms with E-state index in [1.54, 1.807) is 0 Å². The lowest BCUT2D eigenvalue weighted by atomic mass is 10.1. The van der Waals surface area contributed by atoms with Crippen LogP contribution in [-0.4, -0.2) is 44.4 Å². The molecule has 0 aliphatic carbocycles. The summed E-state index contributed by atoms with van der Waals surface area (Å²) in [6.45, 7) is 4.02. The second-order valence-corrected chi connectivity index (χ2v) is 5.90. The fourth-order valence-electron chi connectivity index (χ4n) is 2.42. The average molecular weight is 364 g/mol. The molecule has 1 amide bonds. The van der Waals surface area contributed by atoms with Crippen LogP contribution in [0.25, 0.3) is 0 Å². The van der Waals surface area contributed by atoms with Crippen LogP contribution >= 0.6 is 11.6 Å². The molecule has 0 spiro atoms. The van der Waals surface area contributed by atoms with Gasteiger partial charge < -0.3 is 4.90 Å². The zero-order valence-electron chi connectivity index (χ0n) is 13.6. The zero-order chi connectivity index (χ0) is 18.2. The summed E-state index contributed by atoms with van der Waals surface area (Å²) in [4.78, 5) is 13.8. The summed E-state index contributed by atoms with van der Waals surface area (Å²) in [5, 5.41) is 9.55. The van der Waals surface area contributed by atoms with Gasteiger partial charge in [-0.05, 0) is 25.8 Å². The van der Waals surface area contributed by atoms with Crippen molar-refractivity contribution in [3.05, 3.63) is 33.4 Å². The molecule has 0 bridgehead atoms. The van der Waals surface area contributed by atoms with E-state index in [1.165, 1.54) is 19.0 Å². The van der Waals surface area contributed by atoms with Crippen LogP contribution in [0, 0.1) is 13.8 Å². The summed E-state index contributed by atoms with van der Waals surface area (Å²) in [5.74, 6) is -0.621. The highest BCUT2D eigenvalue weighted by Crippen LogP contribution is 2.35. The summed E-state index contributed by atoms with van der Waals surface area (Å²) in [5.41, 5.74) is 1.15. The van der Waals surface area contributed by atoms with Gasteiger partial charge in [-0.15, -0.1) is 0 Å². The van der Waals surface area contributed by atoms with E-state index in [-0.39, 0.29) is 5.69 Å². The van der Waals surface area contributed by atoms with Crippen LogP contribution in [0.2, 0.25) is 5.02 Å². The quantitative estimate of drug-likeness (QED) is 0.908. The van der Waals surface area contributed by atoms with Crippen molar-refractivity contribution in [2.45, 2.75) is 26.4 Å². The molecule has 0 fully saturated rings. The highest BCUT2D eigenvalue weighted by Gasteiger charge is 2.40. The number of amides is 1. The highest BCUT2D eigenvalue weighted by molar-refractivity contribution is 6.34. The Balaban J connectivity index is 2.18. The maximum atomic E-state index is 12.8. The van der Waals surface area contributed by atoms with Gasteiger partial charge in [-0.3, -0.25) is 14.6 Å². The van der Waals surface area contributed by atoms with E-state index in [9.17, 15) is 18.0 Å². The van der Waals surface area contributed by atoms with Crippen molar-refractivity contribution in [2.24, 2.45) is 7.05 Å².